The van der Waals surface area contributed by atoms with Gasteiger partial charge in [0.15, 0.2) is 18.9 Å². The summed E-state index contributed by atoms with van der Waals surface area (Å²) in [6.45, 7) is 4.01. The minimum absolute atomic E-state index is 0.0245. The van der Waals surface area contributed by atoms with Gasteiger partial charge >= 0.3 is 0 Å². The molecule has 9 unspecified atom stereocenters. The molecule has 4 aliphatic heterocycles. The summed E-state index contributed by atoms with van der Waals surface area (Å²) in [5.41, 5.74) is 36.8. The van der Waals surface area contributed by atoms with Crippen LogP contribution in [0.3, 0.4) is 0 Å². The maximum absolute atomic E-state index is 11.3. The Hall–Kier alpha value is -0.840. The number of ether oxygens (including phenoxy) is 7. The predicted octanol–water partition coefficient (Wildman–Crippen LogP) is -8.19. The molecule has 5 fully saturated rings. The quantitative estimate of drug-likeness (QED) is 0.0651. The molecule has 0 spiro atoms. The topological polar surface area (TPSA) is 357 Å². The summed E-state index contributed by atoms with van der Waals surface area (Å²) < 4.78 is 41.7. The molecule has 0 radical (unpaired) electrons. The molecule has 4 heterocycles. The second-order valence-electron chi connectivity index (χ2n) is 14.4. The van der Waals surface area contributed by atoms with Crippen LogP contribution in [-0.4, -0.2) is 211 Å². The summed E-state index contributed by atoms with van der Waals surface area (Å²) in [6.07, 6.45) is -16.2. The Bertz CT molecular complexity index is 1070. The number of nitrogens with one attached hydrogen (secondary N) is 1. The van der Waals surface area contributed by atoms with E-state index in [9.17, 15) is 30.6 Å². The molecule has 304 valence electrons. The third-order valence-corrected chi connectivity index (χ3v) is 10.7. The van der Waals surface area contributed by atoms with Crippen LogP contribution in [0, 0.1) is 0 Å². The summed E-state index contributed by atoms with van der Waals surface area (Å²) in [7, 11) is 0. The van der Waals surface area contributed by atoms with E-state index in [0.717, 1.165) is 26.2 Å². The van der Waals surface area contributed by atoms with Crippen LogP contribution < -0.4 is 39.7 Å². The summed E-state index contributed by atoms with van der Waals surface area (Å²) >= 11 is 0. The highest BCUT2D eigenvalue weighted by Gasteiger charge is 2.54. The van der Waals surface area contributed by atoms with Crippen LogP contribution in [0.5, 0.6) is 0 Å². The summed E-state index contributed by atoms with van der Waals surface area (Å²) in [4.78, 5) is 2.40. The van der Waals surface area contributed by atoms with Crippen molar-refractivity contribution >= 4 is 0 Å². The molecule has 1 aliphatic carbocycles. The van der Waals surface area contributed by atoms with Crippen LogP contribution in [0.4, 0.5) is 0 Å². The molecule has 5 rings (SSSR count). The number of likely N-dealkylation sites (tertiary alicyclic amines) is 1. The molecule has 0 aromatic heterocycles. The Labute approximate surface area is 303 Å². The first-order valence-electron chi connectivity index (χ1n) is 18.3. The minimum Gasteiger partial charge on any atom is -0.394 e. The van der Waals surface area contributed by atoms with Gasteiger partial charge in [0.1, 0.15) is 67.1 Å². The molecular formula is C31H62N8O13. The fourth-order valence-electron chi connectivity index (χ4n) is 7.57. The van der Waals surface area contributed by atoms with E-state index in [-0.39, 0.29) is 26.1 Å². The molecule has 0 bridgehead atoms. The molecule has 19 N–H and O–H groups in total. The van der Waals surface area contributed by atoms with Gasteiger partial charge in [0, 0.05) is 44.8 Å². The van der Waals surface area contributed by atoms with E-state index in [1.165, 1.54) is 12.8 Å². The van der Waals surface area contributed by atoms with Crippen molar-refractivity contribution in [2.75, 3.05) is 59.0 Å². The zero-order valence-corrected chi connectivity index (χ0v) is 29.4. The number of aliphatic hydroxyl groups excluding tert-OH is 6. The summed E-state index contributed by atoms with van der Waals surface area (Å²) in [6, 6.07) is -4.05. The lowest BCUT2D eigenvalue weighted by Crippen LogP contribution is -2.68. The molecule has 21 nitrogen and oxygen atoms in total. The Kier molecular flexibility index (Phi) is 15.7. The van der Waals surface area contributed by atoms with E-state index in [1.54, 1.807) is 0 Å². The van der Waals surface area contributed by atoms with Crippen LogP contribution in [0.15, 0.2) is 0 Å². The van der Waals surface area contributed by atoms with Crippen molar-refractivity contribution < 1.29 is 63.8 Å². The van der Waals surface area contributed by atoms with Crippen molar-refractivity contribution in [2.24, 2.45) is 34.4 Å². The van der Waals surface area contributed by atoms with Gasteiger partial charge in [0.05, 0.1) is 31.4 Å². The SMILES string of the molecule is NCC1O[C@H](O[C@@H]2C(N)C[C@@H](N)C(O)[C@H]2OC2O[C@H](CO)[C@H](OC3O[C@@H](CN)C(O)C(O)[C@H]3N)C2O)C(N)[C@@H](O)[C@@H]1OCCNCCN1CCCC1. The van der Waals surface area contributed by atoms with E-state index in [2.05, 4.69) is 10.2 Å². The zero-order valence-electron chi connectivity index (χ0n) is 29.4. The standard InChI is InChI=1S/C31H62N8O13/c32-10-15-21(42)22(43)18(36)29(47-15)51-27-17(12-40)49-31(24(27)45)52-28-20(41)13(34)9-14(35)25(28)50-30-19(37)23(44)26(16(11-33)48-30)46-8-4-38-3-7-39-5-1-2-6-39/h13-31,38,40-45H,1-12,32-37H2/t13-,14?,15+,16?,17-,18-,19?,20?,21?,22?,23-,24?,25-,26-,27+,28-,29?,30-,31?/m1/s1. The molecular weight excluding hydrogens is 692 g/mol. The maximum Gasteiger partial charge on any atom is 0.187 e. The van der Waals surface area contributed by atoms with E-state index in [0.29, 0.717) is 6.54 Å². The second-order valence-corrected chi connectivity index (χ2v) is 14.4. The molecule has 5 aliphatic rings. The van der Waals surface area contributed by atoms with Crippen LogP contribution in [0.25, 0.3) is 0 Å². The first-order chi connectivity index (χ1) is 24.9. The second kappa shape index (κ2) is 19.3. The summed E-state index contributed by atoms with van der Waals surface area (Å²) in [5, 5.41) is 67.7. The number of hydrogen-bond acceptors (Lipinski definition) is 21. The molecule has 0 aromatic carbocycles. The van der Waals surface area contributed by atoms with Crippen LogP contribution >= 0.6 is 0 Å². The van der Waals surface area contributed by atoms with Crippen molar-refractivity contribution in [3.8, 4) is 0 Å². The average Bonchev–Trinajstić information content (AvgIpc) is 3.76. The Morgan fingerprint density at radius 2 is 1.21 bits per heavy atom. The fourth-order valence-corrected chi connectivity index (χ4v) is 7.57. The van der Waals surface area contributed by atoms with Gasteiger partial charge in [-0.05, 0) is 32.4 Å². The first-order valence-corrected chi connectivity index (χ1v) is 18.3. The highest BCUT2D eigenvalue weighted by atomic mass is 16.8. The van der Waals surface area contributed by atoms with E-state index in [4.69, 9.17) is 67.6 Å². The molecule has 1 saturated carbocycles. The van der Waals surface area contributed by atoms with E-state index < -0.39 is 123 Å². The molecule has 0 aromatic rings. The van der Waals surface area contributed by atoms with Crippen LogP contribution in [-0.2, 0) is 33.2 Å². The summed E-state index contributed by atoms with van der Waals surface area (Å²) in [5.74, 6) is 0. The van der Waals surface area contributed by atoms with Gasteiger partial charge in [0.2, 0.25) is 0 Å². The van der Waals surface area contributed by atoms with Crippen molar-refractivity contribution in [3.05, 3.63) is 0 Å². The van der Waals surface area contributed by atoms with E-state index >= 15 is 0 Å². The molecule has 4 saturated heterocycles. The maximum atomic E-state index is 11.3. The van der Waals surface area contributed by atoms with Crippen LogP contribution in [0.2, 0.25) is 0 Å². The number of nitrogens with two attached hydrogens (primary N) is 6. The van der Waals surface area contributed by atoms with Crippen LogP contribution in [0.1, 0.15) is 19.3 Å². The number of aliphatic hydroxyl groups is 6. The smallest absolute Gasteiger partial charge is 0.187 e. The minimum atomic E-state index is -1.60. The third-order valence-electron chi connectivity index (χ3n) is 10.7. The van der Waals surface area contributed by atoms with Crippen molar-refractivity contribution in [1.82, 2.24) is 10.2 Å². The average molecular weight is 755 g/mol. The Morgan fingerprint density at radius 1 is 0.615 bits per heavy atom. The Morgan fingerprint density at radius 3 is 1.87 bits per heavy atom. The van der Waals surface area contributed by atoms with Gasteiger partial charge in [-0.2, -0.15) is 0 Å². The number of nitrogens with zero attached hydrogens (tertiary/aromatic N) is 1. The van der Waals surface area contributed by atoms with Gasteiger partial charge in [-0.1, -0.05) is 0 Å². The van der Waals surface area contributed by atoms with Crippen molar-refractivity contribution in [1.29, 1.82) is 0 Å². The van der Waals surface area contributed by atoms with E-state index in [1.807, 2.05) is 0 Å². The van der Waals surface area contributed by atoms with Crippen molar-refractivity contribution in [3.63, 3.8) is 0 Å². The molecule has 52 heavy (non-hydrogen) atoms. The lowest BCUT2D eigenvalue weighted by Gasteiger charge is -2.48. The monoisotopic (exact) mass is 754 g/mol. The van der Waals surface area contributed by atoms with Gasteiger partial charge in [0.25, 0.3) is 0 Å². The highest BCUT2D eigenvalue weighted by Crippen LogP contribution is 2.34. The molecule has 0 amide bonds. The van der Waals surface area contributed by atoms with Gasteiger partial charge in [-0.3, -0.25) is 0 Å². The predicted molar refractivity (Wildman–Crippen MR) is 181 cm³/mol. The van der Waals surface area contributed by atoms with Gasteiger partial charge in [-0.25, -0.2) is 0 Å². The third kappa shape index (κ3) is 9.57. The number of hydrogen-bond donors (Lipinski definition) is 13. The first kappa shape index (κ1) is 42.3. The zero-order chi connectivity index (χ0) is 37.7. The fraction of sp³-hybridized carbons (Fsp3) is 1.00. The molecule has 19 atom stereocenters. The Balaban J connectivity index is 1.20. The highest BCUT2D eigenvalue weighted by molar-refractivity contribution is 5.02. The lowest BCUT2D eigenvalue weighted by molar-refractivity contribution is -0.310. The van der Waals surface area contributed by atoms with Gasteiger partial charge < -0.3 is 108 Å². The lowest BCUT2D eigenvalue weighted by atomic mass is 9.84. The van der Waals surface area contributed by atoms with Gasteiger partial charge in [-0.15, -0.1) is 0 Å². The normalized spacial score (nSPS) is 47.7. The van der Waals surface area contributed by atoms with Crippen molar-refractivity contribution in [2.45, 2.75) is 136 Å². The number of rotatable bonds is 16. The largest absolute Gasteiger partial charge is 0.394 e. The molecule has 21 heteroatoms.